The summed E-state index contributed by atoms with van der Waals surface area (Å²) in [4.78, 5) is 30.5. The summed E-state index contributed by atoms with van der Waals surface area (Å²) >= 11 is 0. The van der Waals surface area contributed by atoms with Gasteiger partial charge in [0.15, 0.2) is 5.78 Å². The third kappa shape index (κ3) is 6.70. The molecule has 3 rings (SSSR count). The first-order chi connectivity index (χ1) is 15.0. The predicted octanol–water partition coefficient (Wildman–Crippen LogP) is 4.61. The van der Waals surface area contributed by atoms with Gasteiger partial charge in [0.2, 0.25) is 0 Å². The lowest BCUT2D eigenvalue weighted by molar-refractivity contribution is 0.101. The molecule has 0 spiro atoms. The van der Waals surface area contributed by atoms with E-state index in [0.717, 1.165) is 24.3 Å². The molecule has 0 radical (unpaired) electrons. The fraction of sp³-hybridized carbons (Fsp3) is 0.292. The monoisotopic (exact) mass is 420 g/mol. The van der Waals surface area contributed by atoms with Crippen molar-refractivity contribution in [3.63, 3.8) is 0 Å². The van der Waals surface area contributed by atoms with Crippen LogP contribution in [-0.2, 0) is 13.1 Å². The minimum atomic E-state index is -0.208. The molecular weight excluding hydrogens is 392 g/mol. The first-order valence-corrected chi connectivity index (χ1v) is 10.4. The average molecular weight is 421 g/mol. The number of Topliss-reactive ketones (excluding diaryl/α,β-unsaturated/α-hetero) is 1. The molecule has 7 heteroatoms. The maximum Gasteiger partial charge on any atom is 0.322 e. The lowest BCUT2D eigenvalue weighted by Crippen LogP contribution is -2.35. The number of nitrogens with one attached hydrogen (secondary N) is 1. The molecule has 0 saturated heterocycles. The van der Waals surface area contributed by atoms with Gasteiger partial charge in [0.1, 0.15) is 5.75 Å². The van der Waals surface area contributed by atoms with Gasteiger partial charge in [-0.3, -0.25) is 4.79 Å². The Balaban J connectivity index is 1.69. The lowest BCUT2D eigenvalue weighted by Gasteiger charge is -2.24. The van der Waals surface area contributed by atoms with Crippen LogP contribution < -0.4 is 10.1 Å². The largest absolute Gasteiger partial charge is 0.494 e. The number of urea groups is 1. The topological polar surface area (TPSA) is 76.5 Å². The van der Waals surface area contributed by atoms with E-state index in [4.69, 9.17) is 4.74 Å². The molecule has 3 aromatic rings. The number of hydrogen-bond donors (Lipinski definition) is 1. The number of carbonyl (C=O) groups is 2. The fourth-order valence-electron chi connectivity index (χ4n) is 3.21. The second kappa shape index (κ2) is 11.0. The van der Waals surface area contributed by atoms with Crippen molar-refractivity contribution in [2.45, 2.75) is 33.4 Å². The summed E-state index contributed by atoms with van der Waals surface area (Å²) in [5.74, 6) is 0.770. The molecule has 0 unspecified atom stereocenters. The van der Waals surface area contributed by atoms with Crippen LogP contribution in [0, 0.1) is 0 Å². The van der Waals surface area contributed by atoms with Gasteiger partial charge in [-0.05, 0) is 50.1 Å². The van der Waals surface area contributed by atoms with E-state index in [-0.39, 0.29) is 11.8 Å². The van der Waals surface area contributed by atoms with E-state index in [2.05, 4.69) is 10.3 Å². The molecule has 1 aromatic heterocycles. The Morgan fingerprint density at radius 3 is 2.65 bits per heavy atom. The standard InChI is InChI=1S/C24H28N4O3/c1-3-31-23-10-8-20(9-11-23)17-28(14-5-13-27-15-12-25-18-27)24(30)26-22-7-4-6-21(16-22)19(2)29/h4,6-12,15-16,18H,3,5,13-14,17H2,1-2H3,(H,26,30). The Labute approximate surface area is 182 Å². The maximum absolute atomic E-state index is 13.0. The van der Waals surface area contributed by atoms with Gasteiger partial charge in [-0.1, -0.05) is 24.3 Å². The Kier molecular flexibility index (Phi) is 7.81. The molecule has 0 aliphatic rings. The average Bonchev–Trinajstić information content (AvgIpc) is 3.28. The van der Waals surface area contributed by atoms with Gasteiger partial charge in [0.25, 0.3) is 0 Å². The normalized spacial score (nSPS) is 10.5. The van der Waals surface area contributed by atoms with Crippen LogP contribution in [0.1, 0.15) is 36.2 Å². The van der Waals surface area contributed by atoms with Crippen LogP contribution in [0.4, 0.5) is 10.5 Å². The molecule has 0 aliphatic heterocycles. The zero-order chi connectivity index (χ0) is 22.1. The summed E-state index contributed by atoms with van der Waals surface area (Å²) in [6, 6.07) is 14.5. The van der Waals surface area contributed by atoms with Crippen molar-refractivity contribution in [3.8, 4) is 5.75 Å². The molecule has 0 aliphatic carbocycles. The molecule has 0 atom stereocenters. The van der Waals surface area contributed by atoms with Gasteiger partial charge in [0, 0.05) is 43.3 Å². The number of carbonyl (C=O) groups excluding carboxylic acids is 2. The van der Waals surface area contributed by atoms with Crippen molar-refractivity contribution in [2.24, 2.45) is 0 Å². The number of amides is 2. The van der Waals surface area contributed by atoms with E-state index < -0.39 is 0 Å². The van der Waals surface area contributed by atoms with Crippen molar-refractivity contribution in [1.29, 1.82) is 0 Å². The second-order valence-electron chi connectivity index (χ2n) is 7.22. The first kappa shape index (κ1) is 22.1. The fourth-order valence-corrected chi connectivity index (χ4v) is 3.21. The summed E-state index contributed by atoms with van der Waals surface area (Å²) in [5, 5.41) is 2.92. The highest BCUT2D eigenvalue weighted by Gasteiger charge is 2.15. The van der Waals surface area contributed by atoms with Crippen molar-refractivity contribution in [3.05, 3.63) is 78.4 Å². The van der Waals surface area contributed by atoms with Gasteiger partial charge in [-0.2, -0.15) is 0 Å². The smallest absolute Gasteiger partial charge is 0.322 e. The van der Waals surface area contributed by atoms with E-state index >= 15 is 0 Å². The number of ketones is 1. The van der Waals surface area contributed by atoms with Gasteiger partial charge < -0.3 is 19.5 Å². The quantitative estimate of drug-likeness (QED) is 0.486. The third-order valence-electron chi connectivity index (χ3n) is 4.82. The van der Waals surface area contributed by atoms with Crippen LogP contribution in [-0.4, -0.2) is 39.4 Å². The van der Waals surface area contributed by atoms with Crippen molar-refractivity contribution in [2.75, 3.05) is 18.5 Å². The highest BCUT2D eigenvalue weighted by Crippen LogP contribution is 2.16. The molecule has 2 aromatic carbocycles. The van der Waals surface area contributed by atoms with E-state index in [0.29, 0.717) is 30.9 Å². The third-order valence-corrected chi connectivity index (χ3v) is 4.82. The molecule has 7 nitrogen and oxygen atoms in total. The van der Waals surface area contributed by atoms with E-state index in [9.17, 15) is 9.59 Å². The van der Waals surface area contributed by atoms with Gasteiger partial charge in [-0.25, -0.2) is 9.78 Å². The first-order valence-electron chi connectivity index (χ1n) is 10.4. The minimum Gasteiger partial charge on any atom is -0.494 e. The highest BCUT2D eigenvalue weighted by molar-refractivity contribution is 5.96. The van der Waals surface area contributed by atoms with Crippen LogP contribution >= 0.6 is 0 Å². The summed E-state index contributed by atoms with van der Waals surface area (Å²) in [6.45, 7) is 5.88. The lowest BCUT2D eigenvalue weighted by atomic mass is 10.1. The molecule has 2 amide bonds. The molecule has 1 N–H and O–H groups in total. The summed E-state index contributed by atoms with van der Waals surface area (Å²) in [5.41, 5.74) is 2.18. The number of nitrogens with zero attached hydrogens (tertiary/aromatic N) is 3. The van der Waals surface area contributed by atoms with Crippen LogP contribution in [0.15, 0.2) is 67.3 Å². The number of benzene rings is 2. The number of ether oxygens (including phenoxy) is 1. The van der Waals surface area contributed by atoms with Crippen LogP contribution in [0.25, 0.3) is 0 Å². The number of hydrogen-bond acceptors (Lipinski definition) is 4. The predicted molar refractivity (Wildman–Crippen MR) is 120 cm³/mol. The Morgan fingerprint density at radius 1 is 1.16 bits per heavy atom. The highest BCUT2D eigenvalue weighted by atomic mass is 16.5. The van der Waals surface area contributed by atoms with Gasteiger partial charge in [0.05, 0.1) is 12.9 Å². The molecule has 0 bridgehead atoms. The van der Waals surface area contributed by atoms with E-state index in [1.165, 1.54) is 6.92 Å². The number of aryl methyl sites for hydroxylation is 1. The SMILES string of the molecule is CCOc1ccc(CN(CCCn2ccnc2)C(=O)Nc2cccc(C(C)=O)c2)cc1. The number of rotatable bonds is 10. The Bertz CT molecular complexity index is 984. The van der Waals surface area contributed by atoms with Gasteiger partial charge in [-0.15, -0.1) is 0 Å². The maximum atomic E-state index is 13.0. The molecule has 0 fully saturated rings. The molecule has 162 valence electrons. The Hall–Kier alpha value is -3.61. The zero-order valence-corrected chi connectivity index (χ0v) is 18.0. The van der Waals surface area contributed by atoms with Crippen molar-refractivity contribution in [1.82, 2.24) is 14.5 Å². The number of imidazole rings is 1. The number of anilines is 1. The molecular formula is C24H28N4O3. The van der Waals surface area contributed by atoms with Crippen molar-refractivity contribution < 1.29 is 14.3 Å². The second-order valence-corrected chi connectivity index (χ2v) is 7.22. The molecule has 0 saturated carbocycles. The Morgan fingerprint density at radius 2 is 1.97 bits per heavy atom. The minimum absolute atomic E-state index is 0.0392. The molecule has 31 heavy (non-hydrogen) atoms. The molecule has 1 heterocycles. The summed E-state index contributed by atoms with van der Waals surface area (Å²) < 4.78 is 7.49. The van der Waals surface area contributed by atoms with E-state index in [1.54, 1.807) is 41.7 Å². The van der Waals surface area contributed by atoms with Crippen LogP contribution in [0.2, 0.25) is 0 Å². The van der Waals surface area contributed by atoms with E-state index in [1.807, 2.05) is 42.0 Å². The summed E-state index contributed by atoms with van der Waals surface area (Å²) in [6.07, 6.45) is 6.20. The van der Waals surface area contributed by atoms with Crippen LogP contribution in [0.5, 0.6) is 5.75 Å². The zero-order valence-electron chi connectivity index (χ0n) is 18.0. The van der Waals surface area contributed by atoms with Gasteiger partial charge >= 0.3 is 6.03 Å². The van der Waals surface area contributed by atoms with Crippen molar-refractivity contribution >= 4 is 17.5 Å². The van der Waals surface area contributed by atoms with Crippen LogP contribution in [0.3, 0.4) is 0 Å². The summed E-state index contributed by atoms with van der Waals surface area (Å²) in [7, 11) is 0. The number of aromatic nitrogens is 2.